The van der Waals surface area contributed by atoms with Crippen LogP contribution in [0, 0.1) is 0 Å². The highest BCUT2D eigenvalue weighted by Gasteiger charge is 2.30. The lowest BCUT2D eigenvalue weighted by atomic mass is 10.0. The summed E-state index contributed by atoms with van der Waals surface area (Å²) in [5.41, 5.74) is 2.04. The van der Waals surface area contributed by atoms with Crippen LogP contribution in [0.1, 0.15) is 11.5 Å². The molecule has 0 bridgehead atoms. The van der Waals surface area contributed by atoms with Gasteiger partial charge in [0.25, 0.3) is 0 Å². The number of halogens is 1. The molecule has 6 nitrogen and oxygen atoms in total. The SMILES string of the molecule is O=C(Nc1cccc(Cl)c1-n1cncn1)C1COc2ccccc21. The maximum absolute atomic E-state index is 12.7. The first-order chi connectivity index (χ1) is 11.7. The van der Waals surface area contributed by atoms with Crippen molar-refractivity contribution in [2.24, 2.45) is 0 Å². The number of amides is 1. The number of hydrogen-bond acceptors (Lipinski definition) is 4. The topological polar surface area (TPSA) is 69.0 Å². The highest BCUT2D eigenvalue weighted by Crippen LogP contribution is 2.35. The van der Waals surface area contributed by atoms with Crippen LogP contribution in [0.15, 0.2) is 55.1 Å². The Balaban J connectivity index is 1.65. The van der Waals surface area contributed by atoms with Gasteiger partial charge in [0.1, 0.15) is 36.6 Å². The van der Waals surface area contributed by atoms with Crippen molar-refractivity contribution >= 4 is 23.2 Å². The van der Waals surface area contributed by atoms with Crippen LogP contribution in [0.5, 0.6) is 5.75 Å². The number of anilines is 1. The zero-order valence-electron chi connectivity index (χ0n) is 12.5. The van der Waals surface area contributed by atoms with Gasteiger partial charge >= 0.3 is 0 Å². The van der Waals surface area contributed by atoms with Crippen molar-refractivity contribution in [3.05, 3.63) is 65.7 Å². The molecular formula is C17H13ClN4O2. The summed E-state index contributed by atoms with van der Waals surface area (Å²) in [4.78, 5) is 16.7. The smallest absolute Gasteiger partial charge is 0.235 e. The third-order valence-electron chi connectivity index (χ3n) is 3.91. The maximum Gasteiger partial charge on any atom is 0.235 e. The minimum atomic E-state index is -0.358. The fourth-order valence-electron chi connectivity index (χ4n) is 2.77. The first-order valence-corrected chi connectivity index (χ1v) is 7.78. The Kier molecular flexibility index (Phi) is 3.66. The average molecular weight is 341 g/mol. The molecule has 4 rings (SSSR count). The van der Waals surface area contributed by atoms with Crippen LogP contribution in [0.4, 0.5) is 5.69 Å². The van der Waals surface area contributed by atoms with Crippen LogP contribution in [0.2, 0.25) is 5.02 Å². The average Bonchev–Trinajstić information content (AvgIpc) is 3.24. The highest BCUT2D eigenvalue weighted by atomic mass is 35.5. The van der Waals surface area contributed by atoms with Gasteiger partial charge in [-0.3, -0.25) is 4.79 Å². The molecule has 1 aliphatic rings. The Morgan fingerprint density at radius 3 is 2.96 bits per heavy atom. The van der Waals surface area contributed by atoms with Gasteiger partial charge in [-0.05, 0) is 18.2 Å². The fourth-order valence-corrected chi connectivity index (χ4v) is 3.03. The van der Waals surface area contributed by atoms with Gasteiger partial charge in [0.15, 0.2) is 0 Å². The monoisotopic (exact) mass is 340 g/mol. The van der Waals surface area contributed by atoms with Gasteiger partial charge in [-0.25, -0.2) is 9.67 Å². The van der Waals surface area contributed by atoms with Gasteiger partial charge in [-0.2, -0.15) is 5.10 Å². The first kappa shape index (κ1) is 14.7. The summed E-state index contributed by atoms with van der Waals surface area (Å²) >= 11 is 6.28. The molecule has 2 heterocycles. The van der Waals surface area contributed by atoms with Crippen LogP contribution < -0.4 is 10.1 Å². The highest BCUT2D eigenvalue weighted by molar-refractivity contribution is 6.33. The predicted octanol–water partition coefficient (Wildman–Crippen LogP) is 3.04. The van der Waals surface area contributed by atoms with Crippen molar-refractivity contribution in [1.82, 2.24) is 14.8 Å². The lowest BCUT2D eigenvalue weighted by Gasteiger charge is -2.14. The number of carbonyl (C=O) groups excluding carboxylic acids is 1. The molecule has 1 aliphatic heterocycles. The standard InChI is InChI=1S/C17H13ClN4O2/c18-13-5-3-6-14(16(13)22-10-19-9-20-22)21-17(23)12-8-24-15-7-2-1-4-11(12)15/h1-7,9-10,12H,8H2,(H,21,23). The van der Waals surface area contributed by atoms with E-state index in [1.54, 1.807) is 18.2 Å². The molecule has 1 amide bonds. The molecule has 0 radical (unpaired) electrons. The number of fused-ring (bicyclic) bond motifs is 1. The molecule has 3 aromatic rings. The van der Waals surface area contributed by atoms with Gasteiger partial charge in [0.05, 0.1) is 10.7 Å². The van der Waals surface area contributed by atoms with E-state index >= 15 is 0 Å². The minimum absolute atomic E-state index is 0.149. The molecule has 1 atom stereocenters. The Labute approximate surface area is 143 Å². The van der Waals surface area contributed by atoms with Crippen molar-refractivity contribution in [2.45, 2.75) is 5.92 Å². The molecule has 0 saturated heterocycles. The summed E-state index contributed by atoms with van der Waals surface area (Å²) in [6.45, 7) is 0.324. The number of nitrogens with one attached hydrogen (secondary N) is 1. The third-order valence-corrected chi connectivity index (χ3v) is 4.21. The van der Waals surface area contributed by atoms with E-state index in [2.05, 4.69) is 15.4 Å². The molecule has 1 aromatic heterocycles. The molecule has 24 heavy (non-hydrogen) atoms. The summed E-state index contributed by atoms with van der Waals surface area (Å²) in [5.74, 6) is 0.243. The zero-order chi connectivity index (χ0) is 16.5. The normalized spacial score (nSPS) is 15.6. The van der Waals surface area contributed by atoms with Gasteiger partial charge < -0.3 is 10.1 Å². The molecule has 1 N–H and O–H groups in total. The molecule has 0 aliphatic carbocycles. The largest absolute Gasteiger partial charge is 0.492 e. The van der Waals surface area contributed by atoms with E-state index in [1.807, 2.05) is 24.3 Å². The van der Waals surface area contributed by atoms with Crippen molar-refractivity contribution in [3.8, 4) is 11.4 Å². The van der Waals surface area contributed by atoms with E-state index < -0.39 is 0 Å². The molecule has 2 aromatic carbocycles. The lowest BCUT2D eigenvalue weighted by Crippen LogP contribution is -2.23. The number of nitrogens with zero attached hydrogens (tertiary/aromatic N) is 3. The van der Waals surface area contributed by atoms with Gasteiger partial charge in [-0.15, -0.1) is 0 Å². The number of para-hydroxylation sites is 2. The number of carbonyl (C=O) groups is 1. The Morgan fingerprint density at radius 2 is 2.12 bits per heavy atom. The van der Waals surface area contributed by atoms with E-state index in [0.29, 0.717) is 23.0 Å². The Bertz CT molecular complexity index is 895. The fraction of sp³-hybridized carbons (Fsp3) is 0.118. The molecule has 7 heteroatoms. The molecule has 0 saturated carbocycles. The Hall–Kier alpha value is -2.86. The summed E-state index contributed by atoms with van der Waals surface area (Å²) in [6.07, 6.45) is 2.95. The van der Waals surface area contributed by atoms with Crippen LogP contribution in [0.25, 0.3) is 5.69 Å². The van der Waals surface area contributed by atoms with Gasteiger partial charge in [0.2, 0.25) is 5.91 Å². The summed E-state index contributed by atoms with van der Waals surface area (Å²) in [6, 6.07) is 12.8. The maximum atomic E-state index is 12.7. The van der Waals surface area contributed by atoms with Crippen molar-refractivity contribution in [3.63, 3.8) is 0 Å². The first-order valence-electron chi connectivity index (χ1n) is 7.40. The number of benzene rings is 2. The lowest BCUT2D eigenvalue weighted by molar-refractivity contribution is -0.117. The summed E-state index contributed by atoms with van der Waals surface area (Å²) in [7, 11) is 0. The van der Waals surface area contributed by atoms with Crippen LogP contribution in [-0.2, 0) is 4.79 Å². The van der Waals surface area contributed by atoms with E-state index in [1.165, 1.54) is 17.3 Å². The molecular weight excluding hydrogens is 328 g/mol. The van der Waals surface area contributed by atoms with Crippen LogP contribution in [-0.4, -0.2) is 27.3 Å². The van der Waals surface area contributed by atoms with E-state index in [9.17, 15) is 4.79 Å². The van der Waals surface area contributed by atoms with Crippen molar-refractivity contribution < 1.29 is 9.53 Å². The van der Waals surface area contributed by atoms with E-state index in [0.717, 1.165) is 11.3 Å². The number of ether oxygens (including phenoxy) is 1. The minimum Gasteiger partial charge on any atom is -0.492 e. The van der Waals surface area contributed by atoms with Crippen LogP contribution >= 0.6 is 11.6 Å². The zero-order valence-corrected chi connectivity index (χ0v) is 13.3. The number of aromatic nitrogens is 3. The second kappa shape index (κ2) is 5.98. The number of hydrogen-bond donors (Lipinski definition) is 1. The van der Waals surface area contributed by atoms with Gasteiger partial charge in [-0.1, -0.05) is 35.9 Å². The van der Waals surface area contributed by atoms with Crippen molar-refractivity contribution in [2.75, 3.05) is 11.9 Å². The quantitative estimate of drug-likeness (QED) is 0.795. The van der Waals surface area contributed by atoms with E-state index in [-0.39, 0.29) is 11.8 Å². The summed E-state index contributed by atoms with van der Waals surface area (Å²) in [5, 5.41) is 7.50. The Morgan fingerprint density at radius 1 is 1.25 bits per heavy atom. The molecule has 0 spiro atoms. The van der Waals surface area contributed by atoms with Crippen LogP contribution in [0.3, 0.4) is 0 Å². The second-order valence-electron chi connectivity index (χ2n) is 5.37. The molecule has 0 fully saturated rings. The van der Waals surface area contributed by atoms with E-state index in [4.69, 9.17) is 16.3 Å². The van der Waals surface area contributed by atoms with Gasteiger partial charge in [0, 0.05) is 5.56 Å². The van der Waals surface area contributed by atoms with Crippen molar-refractivity contribution in [1.29, 1.82) is 0 Å². The molecule has 1 unspecified atom stereocenters. The number of rotatable bonds is 3. The summed E-state index contributed by atoms with van der Waals surface area (Å²) < 4.78 is 7.11. The predicted molar refractivity (Wildman–Crippen MR) is 89.7 cm³/mol. The second-order valence-corrected chi connectivity index (χ2v) is 5.77. The third kappa shape index (κ3) is 2.51. The molecule has 120 valence electrons.